The van der Waals surface area contributed by atoms with E-state index in [0.717, 1.165) is 16.5 Å². The van der Waals surface area contributed by atoms with Crippen LogP contribution in [0.3, 0.4) is 0 Å². The fourth-order valence-electron chi connectivity index (χ4n) is 3.69. The van der Waals surface area contributed by atoms with Gasteiger partial charge in [-0.25, -0.2) is 9.29 Å². The molecule has 3 heterocycles. The van der Waals surface area contributed by atoms with E-state index in [9.17, 15) is 18.8 Å². The van der Waals surface area contributed by atoms with Gasteiger partial charge in [-0.15, -0.1) is 0 Å². The third-order valence-corrected chi connectivity index (χ3v) is 5.54. The summed E-state index contributed by atoms with van der Waals surface area (Å²) in [6, 6.07) is 6.71. The minimum Gasteiger partial charge on any atom is -0.454 e. The van der Waals surface area contributed by atoms with E-state index in [1.807, 2.05) is 0 Å². The average molecular weight is 460 g/mol. The molecule has 0 bridgehead atoms. The first-order valence-corrected chi connectivity index (χ1v) is 9.95. The second-order valence-electron chi connectivity index (χ2n) is 7.27. The van der Waals surface area contributed by atoms with Crippen LogP contribution >= 0.6 is 11.6 Å². The molecular weight excluding hydrogens is 445 g/mol. The molecule has 2 aromatic carbocycles. The zero-order chi connectivity index (χ0) is 22.4. The lowest BCUT2D eigenvalue weighted by atomic mass is 10.1. The Hall–Kier alpha value is -3.73. The van der Waals surface area contributed by atoms with E-state index in [4.69, 9.17) is 21.1 Å². The lowest BCUT2D eigenvalue weighted by molar-refractivity contribution is -0.125. The summed E-state index contributed by atoms with van der Waals surface area (Å²) >= 11 is 5.78. The molecule has 0 spiro atoms. The predicted octanol–water partition coefficient (Wildman–Crippen LogP) is 1.82. The first-order valence-electron chi connectivity index (χ1n) is 9.58. The Balaban J connectivity index is 1.24. The number of carbonyl (C=O) groups excluding carboxylic acids is 3. The highest BCUT2D eigenvalue weighted by Crippen LogP contribution is 2.34. The number of rotatable bonds is 5. The molecule has 1 N–H and O–H groups in total. The molecule has 3 aliphatic rings. The van der Waals surface area contributed by atoms with E-state index >= 15 is 0 Å². The van der Waals surface area contributed by atoms with Crippen LogP contribution in [0.25, 0.3) is 0 Å². The highest BCUT2D eigenvalue weighted by molar-refractivity contribution is 6.32. The van der Waals surface area contributed by atoms with Crippen LogP contribution in [0.2, 0.25) is 5.02 Å². The van der Waals surface area contributed by atoms with E-state index in [1.165, 1.54) is 17.1 Å². The van der Waals surface area contributed by atoms with Crippen LogP contribution in [-0.4, -0.2) is 48.2 Å². The lowest BCUT2D eigenvalue weighted by Gasteiger charge is -2.20. The molecule has 1 fully saturated rings. The van der Waals surface area contributed by atoms with Gasteiger partial charge in [0.2, 0.25) is 12.7 Å². The zero-order valence-corrected chi connectivity index (χ0v) is 17.1. The molecule has 0 radical (unpaired) electrons. The molecule has 0 saturated carbocycles. The zero-order valence-electron chi connectivity index (χ0n) is 16.3. The highest BCUT2D eigenvalue weighted by atomic mass is 35.5. The standard InChI is InChI=1S/C20H15ClFN5O5/c21-12-6-11(2-3-13(12)22)27-19(29)17-18(20(27)30)26(25-24-17)8-16(28)23-7-10-1-4-14-15(5-10)32-9-31-14/h1-6,17-18H,7-9H2,(H,23,28)/t17-,18-/m0/s1. The number of anilines is 1. The average Bonchev–Trinajstić information content (AvgIpc) is 3.46. The van der Waals surface area contributed by atoms with Crippen LogP contribution in [0.4, 0.5) is 10.1 Å². The van der Waals surface area contributed by atoms with Gasteiger partial charge in [0.15, 0.2) is 23.6 Å². The van der Waals surface area contributed by atoms with Crippen molar-refractivity contribution in [3.63, 3.8) is 0 Å². The number of amides is 3. The highest BCUT2D eigenvalue weighted by Gasteiger charge is 2.55. The van der Waals surface area contributed by atoms with E-state index < -0.39 is 35.6 Å². The maximum Gasteiger partial charge on any atom is 0.263 e. The van der Waals surface area contributed by atoms with Crippen LogP contribution in [0.15, 0.2) is 46.7 Å². The second-order valence-corrected chi connectivity index (χ2v) is 7.67. The van der Waals surface area contributed by atoms with Crippen LogP contribution < -0.4 is 19.7 Å². The smallest absolute Gasteiger partial charge is 0.263 e. The van der Waals surface area contributed by atoms with E-state index in [-0.39, 0.29) is 30.6 Å². The summed E-state index contributed by atoms with van der Waals surface area (Å²) in [5.74, 6) is -1.07. The molecule has 164 valence electrons. The Morgan fingerprint density at radius 1 is 1.16 bits per heavy atom. The third kappa shape index (κ3) is 3.40. The Labute approximate surface area is 185 Å². The van der Waals surface area contributed by atoms with E-state index in [1.54, 1.807) is 18.2 Å². The van der Waals surface area contributed by atoms with Gasteiger partial charge in [0.05, 0.1) is 10.7 Å². The van der Waals surface area contributed by atoms with Gasteiger partial charge in [-0.3, -0.25) is 19.4 Å². The molecule has 5 rings (SSSR count). The lowest BCUT2D eigenvalue weighted by Crippen LogP contribution is -2.44. The van der Waals surface area contributed by atoms with Gasteiger partial charge < -0.3 is 14.8 Å². The molecule has 32 heavy (non-hydrogen) atoms. The Morgan fingerprint density at radius 2 is 1.97 bits per heavy atom. The molecule has 10 nitrogen and oxygen atoms in total. The monoisotopic (exact) mass is 459 g/mol. The van der Waals surface area contributed by atoms with Crippen molar-refractivity contribution in [2.75, 3.05) is 18.2 Å². The summed E-state index contributed by atoms with van der Waals surface area (Å²) in [5, 5.41) is 11.4. The van der Waals surface area contributed by atoms with E-state index in [2.05, 4.69) is 15.7 Å². The molecule has 12 heteroatoms. The number of hydrogen-bond acceptors (Lipinski definition) is 8. The number of nitrogens with one attached hydrogen (secondary N) is 1. The molecule has 0 unspecified atom stereocenters. The Morgan fingerprint density at radius 3 is 2.78 bits per heavy atom. The third-order valence-electron chi connectivity index (χ3n) is 5.25. The predicted molar refractivity (Wildman–Crippen MR) is 107 cm³/mol. The molecule has 2 aromatic rings. The summed E-state index contributed by atoms with van der Waals surface area (Å²) in [4.78, 5) is 38.9. The Kier molecular flexibility index (Phi) is 4.89. The van der Waals surface area contributed by atoms with Crippen molar-refractivity contribution in [3.05, 3.63) is 52.8 Å². The Bertz CT molecular complexity index is 1180. The van der Waals surface area contributed by atoms with Crippen LogP contribution in [0, 0.1) is 5.82 Å². The number of imide groups is 1. The fourth-order valence-corrected chi connectivity index (χ4v) is 3.86. The first kappa shape index (κ1) is 20.2. The number of hydrogen-bond donors (Lipinski definition) is 1. The summed E-state index contributed by atoms with van der Waals surface area (Å²) in [5.41, 5.74) is 0.929. The molecule has 3 amide bonds. The van der Waals surface area contributed by atoms with Gasteiger partial charge >= 0.3 is 0 Å². The number of fused-ring (bicyclic) bond motifs is 2. The number of ether oxygens (including phenoxy) is 2. The van der Waals surface area contributed by atoms with Crippen LogP contribution in [0.5, 0.6) is 11.5 Å². The molecule has 1 saturated heterocycles. The van der Waals surface area contributed by atoms with Crippen molar-refractivity contribution < 1.29 is 28.2 Å². The number of benzene rings is 2. The molecule has 3 aliphatic heterocycles. The molecule has 0 aliphatic carbocycles. The van der Waals surface area contributed by atoms with Gasteiger partial charge in [-0.05, 0) is 35.9 Å². The van der Waals surface area contributed by atoms with Crippen molar-refractivity contribution in [3.8, 4) is 11.5 Å². The topological polar surface area (TPSA) is 113 Å². The van der Waals surface area contributed by atoms with Crippen LogP contribution in [-0.2, 0) is 20.9 Å². The molecule has 2 atom stereocenters. The number of halogens is 2. The van der Waals surface area contributed by atoms with Gasteiger partial charge in [0.1, 0.15) is 12.4 Å². The maximum atomic E-state index is 13.5. The molecular formula is C20H15ClFN5O5. The quantitative estimate of drug-likeness (QED) is 0.682. The van der Waals surface area contributed by atoms with E-state index in [0.29, 0.717) is 11.5 Å². The van der Waals surface area contributed by atoms with Crippen molar-refractivity contribution in [2.24, 2.45) is 10.3 Å². The normalized spacial score (nSPS) is 20.8. The van der Waals surface area contributed by atoms with Crippen molar-refractivity contribution in [2.45, 2.75) is 18.6 Å². The second kappa shape index (κ2) is 7.75. The summed E-state index contributed by atoms with van der Waals surface area (Å²) in [6.07, 6.45) is 0. The summed E-state index contributed by atoms with van der Waals surface area (Å²) in [7, 11) is 0. The first-order chi connectivity index (χ1) is 15.4. The fraction of sp³-hybridized carbons (Fsp3) is 0.250. The van der Waals surface area contributed by atoms with Gasteiger partial charge in [-0.1, -0.05) is 22.9 Å². The minimum atomic E-state index is -1.08. The van der Waals surface area contributed by atoms with Crippen molar-refractivity contribution in [1.29, 1.82) is 0 Å². The SMILES string of the molecule is O=C(CN1N=N[C@@H]2C(=O)N(c3ccc(F)c(Cl)c3)C(=O)[C@H]21)NCc1ccc2c(c1)OCO2. The maximum absolute atomic E-state index is 13.5. The minimum absolute atomic E-state index is 0.128. The van der Waals surface area contributed by atoms with Crippen molar-refractivity contribution in [1.82, 2.24) is 10.3 Å². The van der Waals surface area contributed by atoms with Crippen molar-refractivity contribution >= 4 is 35.0 Å². The van der Waals surface area contributed by atoms with Gasteiger partial charge in [0, 0.05) is 6.54 Å². The summed E-state index contributed by atoms with van der Waals surface area (Å²) < 4.78 is 24.0. The number of nitrogens with zero attached hydrogens (tertiary/aromatic N) is 4. The van der Waals surface area contributed by atoms with Gasteiger partial charge in [0.25, 0.3) is 11.8 Å². The van der Waals surface area contributed by atoms with Crippen LogP contribution in [0.1, 0.15) is 5.56 Å². The van der Waals surface area contributed by atoms with Gasteiger partial charge in [-0.2, -0.15) is 5.11 Å². The number of carbonyl (C=O) groups is 3. The largest absolute Gasteiger partial charge is 0.454 e. The molecule has 0 aromatic heterocycles. The summed E-state index contributed by atoms with van der Waals surface area (Å²) in [6.45, 7) is 0.107.